The largest absolute Gasteiger partial charge is 0.453 e. The molecule has 6 N–H and O–H groups in total. The number of nitrogens with one attached hydrogen (secondary N) is 6. The quantitative estimate of drug-likeness (QED) is 0.0978. The Morgan fingerprint density at radius 1 is 0.750 bits per heavy atom. The zero-order chi connectivity index (χ0) is 40.1. The van der Waals surface area contributed by atoms with Gasteiger partial charge in [-0.15, -0.1) is 0 Å². The molecule has 4 amide bonds. The summed E-state index contributed by atoms with van der Waals surface area (Å²) in [7, 11) is 2.53. The fourth-order valence-electron chi connectivity index (χ4n) is 7.34. The van der Waals surface area contributed by atoms with Gasteiger partial charge in [-0.2, -0.15) is 0 Å². The minimum atomic E-state index is -0.763. The second kappa shape index (κ2) is 17.1. The molecule has 6 rings (SSSR count). The third-order valence-corrected chi connectivity index (χ3v) is 10.4. The lowest BCUT2D eigenvalue weighted by Crippen LogP contribution is -2.51. The highest BCUT2D eigenvalue weighted by Crippen LogP contribution is 2.34. The van der Waals surface area contributed by atoms with Crippen LogP contribution in [-0.2, 0) is 19.1 Å². The van der Waals surface area contributed by atoms with Crippen molar-refractivity contribution < 1.29 is 33.4 Å². The lowest BCUT2D eigenvalue weighted by Gasteiger charge is -2.30. The first-order valence-corrected chi connectivity index (χ1v) is 18.9. The zero-order valence-electron chi connectivity index (χ0n) is 32.5. The van der Waals surface area contributed by atoms with Crippen LogP contribution in [0.4, 0.5) is 21.1 Å². The summed E-state index contributed by atoms with van der Waals surface area (Å²) in [5.41, 5.74) is 3.09. The first-order valence-electron chi connectivity index (χ1n) is 18.9. The van der Waals surface area contributed by atoms with Gasteiger partial charge in [-0.3, -0.25) is 14.4 Å². The van der Waals surface area contributed by atoms with Gasteiger partial charge >= 0.3 is 12.2 Å². The average molecular weight is 771 g/mol. The van der Waals surface area contributed by atoms with Crippen molar-refractivity contribution in [2.45, 2.75) is 77.5 Å². The number of aromatic nitrogens is 5. The number of hydrogen-bond donors (Lipinski definition) is 6. The molecule has 3 aromatic heterocycles. The van der Waals surface area contributed by atoms with Crippen LogP contribution in [0.15, 0.2) is 48.9 Å². The Balaban J connectivity index is 1.10. The van der Waals surface area contributed by atoms with E-state index in [9.17, 15) is 24.0 Å². The third-order valence-electron chi connectivity index (χ3n) is 10.4. The molecule has 4 aromatic rings. The lowest BCUT2D eigenvalue weighted by atomic mass is 10.0. The van der Waals surface area contributed by atoms with E-state index >= 15 is 0 Å². The molecule has 0 spiro atoms. The van der Waals surface area contributed by atoms with Gasteiger partial charge in [-0.05, 0) is 61.3 Å². The summed E-state index contributed by atoms with van der Waals surface area (Å²) in [6.07, 6.45) is 6.57. The number of hydrogen-bond acceptors (Lipinski definition) is 10. The van der Waals surface area contributed by atoms with E-state index in [-0.39, 0.29) is 47.2 Å². The number of ether oxygens (including phenoxy) is 2. The number of likely N-dealkylation sites (tertiary alicyclic amines) is 2. The van der Waals surface area contributed by atoms with Crippen molar-refractivity contribution in [3.05, 3.63) is 71.8 Å². The van der Waals surface area contributed by atoms with Gasteiger partial charge in [-0.1, -0.05) is 39.8 Å². The van der Waals surface area contributed by atoms with Crippen LogP contribution in [0.5, 0.6) is 0 Å². The predicted molar refractivity (Wildman–Crippen MR) is 206 cm³/mol. The number of anilines is 2. The summed E-state index contributed by atoms with van der Waals surface area (Å²) in [6, 6.07) is 7.23. The fraction of sp³-hybridized carbons (Fsp3) is 0.462. The van der Waals surface area contributed by atoms with Gasteiger partial charge in [0.1, 0.15) is 35.2 Å². The van der Waals surface area contributed by atoms with Gasteiger partial charge in [0.2, 0.25) is 17.6 Å². The van der Waals surface area contributed by atoms with Crippen LogP contribution in [0.1, 0.15) is 93.2 Å². The Morgan fingerprint density at radius 3 is 1.82 bits per heavy atom. The van der Waals surface area contributed by atoms with E-state index in [4.69, 9.17) is 9.47 Å². The number of rotatable bonds is 13. The molecule has 17 nitrogen and oxygen atoms in total. The first-order chi connectivity index (χ1) is 26.9. The maximum atomic E-state index is 13.7. The number of methoxy groups -OCH3 is 2. The van der Waals surface area contributed by atoms with E-state index in [0.717, 1.165) is 36.2 Å². The van der Waals surface area contributed by atoms with E-state index in [1.54, 1.807) is 28.3 Å². The molecule has 0 saturated carbocycles. The van der Waals surface area contributed by atoms with Crippen LogP contribution in [0.3, 0.4) is 0 Å². The summed E-state index contributed by atoms with van der Waals surface area (Å²) >= 11 is 0. The summed E-state index contributed by atoms with van der Waals surface area (Å²) in [4.78, 5) is 86.9. The van der Waals surface area contributed by atoms with Crippen LogP contribution < -0.4 is 16.0 Å². The van der Waals surface area contributed by atoms with Crippen molar-refractivity contribution in [1.82, 2.24) is 45.4 Å². The molecule has 0 bridgehead atoms. The Kier molecular flexibility index (Phi) is 12.1. The molecule has 4 atom stereocenters. The fourth-order valence-corrected chi connectivity index (χ4v) is 7.34. The monoisotopic (exact) mass is 770 g/mol. The minimum absolute atomic E-state index is 0.130. The minimum Gasteiger partial charge on any atom is -0.453 e. The molecule has 2 aliphatic rings. The molecule has 17 heteroatoms. The molecule has 2 aliphatic heterocycles. The van der Waals surface area contributed by atoms with Gasteiger partial charge in [0.15, 0.2) is 0 Å². The highest BCUT2D eigenvalue weighted by Gasteiger charge is 2.39. The summed E-state index contributed by atoms with van der Waals surface area (Å²) in [5, 5.41) is 8.62. The molecule has 0 unspecified atom stereocenters. The molecule has 2 fully saturated rings. The Hall–Kier alpha value is -6.13. The van der Waals surface area contributed by atoms with Gasteiger partial charge in [-0.25, -0.2) is 19.6 Å². The van der Waals surface area contributed by atoms with Crippen molar-refractivity contribution in [2.75, 3.05) is 32.6 Å². The summed E-state index contributed by atoms with van der Waals surface area (Å²) in [5.74, 6) is 0.703. The van der Waals surface area contributed by atoms with Crippen LogP contribution in [0, 0.1) is 11.8 Å². The van der Waals surface area contributed by atoms with Crippen molar-refractivity contribution in [2.24, 2.45) is 11.8 Å². The van der Waals surface area contributed by atoms with Gasteiger partial charge in [0, 0.05) is 25.0 Å². The van der Waals surface area contributed by atoms with Crippen LogP contribution in [-0.4, -0.2) is 104 Å². The van der Waals surface area contributed by atoms with E-state index in [1.807, 2.05) is 52.0 Å². The van der Waals surface area contributed by atoms with Crippen LogP contribution >= 0.6 is 0 Å². The van der Waals surface area contributed by atoms with E-state index in [0.29, 0.717) is 42.5 Å². The maximum Gasteiger partial charge on any atom is 0.407 e. The van der Waals surface area contributed by atoms with E-state index in [2.05, 4.69) is 40.9 Å². The molecular formula is C39H50N10O7. The zero-order valence-corrected chi connectivity index (χ0v) is 32.5. The number of carbonyl (C=O) groups excluding carboxylic acids is 5. The number of alkyl carbamates (subject to hydrolysis) is 2. The van der Waals surface area contributed by atoms with E-state index < -0.39 is 24.3 Å². The van der Waals surface area contributed by atoms with Gasteiger partial charge < -0.3 is 50.2 Å². The van der Waals surface area contributed by atoms with E-state index in [1.165, 1.54) is 20.4 Å². The average Bonchev–Trinajstić information content (AvgIpc) is 4.04. The van der Waals surface area contributed by atoms with Crippen LogP contribution in [0.2, 0.25) is 0 Å². The number of H-pyrrole nitrogens is 3. The molecule has 0 aliphatic carbocycles. The van der Waals surface area contributed by atoms with Gasteiger partial charge in [0.25, 0.3) is 0 Å². The molecular weight excluding hydrogens is 720 g/mol. The molecule has 298 valence electrons. The van der Waals surface area contributed by atoms with Crippen molar-refractivity contribution >= 4 is 41.3 Å². The second-order valence-electron chi connectivity index (χ2n) is 14.8. The van der Waals surface area contributed by atoms with Crippen LogP contribution in [0.25, 0.3) is 11.3 Å². The topological polar surface area (TPSA) is 220 Å². The highest BCUT2D eigenvalue weighted by atomic mass is 16.5. The number of nitrogens with zero attached hydrogens (tertiary/aromatic N) is 4. The SMILES string of the molecule is COC(=O)N[C@H](C(=O)N1CCC[C@H]1c1ncc(C(=O)c2cc[nH]c2Nc2ccc(-c3cnc([C@@H]4CCCN4C(=O)[C@@H](NC(=O)OC)C(C)C)[nH]3)cc2)[nH]1)C(C)C. The Labute approximate surface area is 324 Å². The molecule has 56 heavy (non-hydrogen) atoms. The first kappa shape index (κ1) is 39.6. The maximum absolute atomic E-state index is 13.7. The molecule has 1 aromatic carbocycles. The number of amides is 4. The number of imidazole rings is 2. The van der Waals surface area contributed by atoms with Crippen molar-refractivity contribution in [3.8, 4) is 11.3 Å². The third kappa shape index (κ3) is 8.40. The molecule has 0 radical (unpaired) electrons. The molecule has 5 heterocycles. The second-order valence-corrected chi connectivity index (χ2v) is 14.8. The van der Waals surface area contributed by atoms with Crippen molar-refractivity contribution in [1.29, 1.82) is 0 Å². The smallest absolute Gasteiger partial charge is 0.407 e. The summed E-state index contributed by atoms with van der Waals surface area (Å²) < 4.78 is 9.47. The Bertz CT molecular complexity index is 2030. The standard InChI is InChI=1S/C39H50N10O7/c1-21(2)30(46-38(53)55-5)36(51)48-17-7-9-28(48)34-41-19-26(44-34)23-11-13-24(14-12-23)43-33-25(15-16-40-33)32(50)27-20-42-35(45-27)29-10-8-18-49(29)37(52)31(22(3)4)47-39(54)56-6/h11-16,19-22,28-31,40,43H,7-10,17-18H2,1-6H3,(H,41,44)(H,42,45)(H,46,53)(H,47,54)/t28-,29-,30-,31-/m0/s1. The number of aromatic amines is 3. The van der Waals surface area contributed by atoms with Crippen molar-refractivity contribution in [3.63, 3.8) is 0 Å². The highest BCUT2D eigenvalue weighted by molar-refractivity contribution is 6.11. The normalized spacial score (nSPS) is 17.9. The number of ketones is 1. The number of carbonyl (C=O) groups is 5. The summed E-state index contributed by atoms with van der Waals surface area (Å²) in [6.45, 7) is 8.53. The lowest BCUT2D eigenvalue weighted by molar-refractivity contribution is -0.136. The Morgan fingerprint density at radius 2 is 1.29 bits per heavy atom. The number of benzene rings is 1. The predicted octanol–water partition coefficient (Wildman–Crippen LogP) is 5.19. The van der Waals surface area contributed by atoms with Gasteiger partial charge in [0.05, 0.1) is 50.0 Å². The molecule has 2 saturated heterocycles.